The van der Waals surface area contributed by atoms with Crippen molar-refractivity contribution in [2.24, 2.45) is 0 Å². The highest BCUT2D eigenvalue weighted by Gasteiger charge is 2.31. The van der Waals surface area contributed by atoms with Gasteiger partial charge in [0.2, 0.25) is 0 Å². The summed E-state index contributed by atoms with van der Waals surface area (Å²) in [7, 11) is -3.41. The molecule has 0 saturated carbocycles. The summed E-state index contributed by atoms with van der Waals surface area (Å²) < 4.78 is 67.3. The summed E-state index contributed by atoms with van der Waals surface area (Å²) in [5.74, 6) is 0. The Morgan fingerprint density at radius 3 is 2.40 bits per heavy atom. The Balaban J connectivity index is 2.97. The van der Waals surface area contributed by atoms with Crippen molar-refractivity contribution in [1.29, 1.82) is 0 Å². The van der Waals surface area contributed by atoms with Gasteiger partial charge in [-0.25, -0.2) is 9.52 Å². The first-order valence-corrected chi connectivity index (χ1v) is 6.38. The number of hydrogen-bond donors (Lipinski definition) is 3. The number of ether oxygens (including phenoxy) is 1. The van der Waals surface area contributed by atoms with Crippen LogP contribution in [0.4, 0.5) is 29.3 Å². The third-order valence-electron chi connectivity index (χ3n) is 2.03. The quantitative estimate of drug-likeness (QED) is 0.728. The van der Waals surface area contributed by atoms with Gasteiger partial charge >= 0.3 is 22.5 Å². The van der Waals surface area contributed by atoms with Crippen molar-refractivity contribution in [2.75, 3.05) is 17.6 Å². The number of anilines is 2. The molecule has 112 valence electrons. The summed E-state index contributed by atoms with van der Waals surface area (Å²) in [6.07, 6.45) is -5.86. The summed E-state index contributed by atoms with van der Waals surface area (Å²) in [4.78, 5) is 10.8. The lowest BCUT2D eigenvalue weighted by atomic mass is 10.2. The van der Waals surface area contributed by atoms with E-state index in [9.17, 15) is 26.4 Å². The van der Waals surface area contributed by atoms with Crippen LogP contribution in [-0.4, -0.2) is 21.6 Å². The van der Waals surface area contributed by atoms with Crippen LogP contribution in [0.5, 0.6) is 0 Å². The van der Waals surface area contributed by atoms with Crippen LogP contribution in [-0.2, 0) is 21.1 Å². The van der Waals surface area contributed by atoms with E-state index in [0.29, 0.717) is 12.1 Å². The number of methoxy groups -OCH3 is 1. The van der Waals surface area contributed by atoms with E-state index < -0.39 is 33.7 Å². The van der Waals surface area contributed by atoms with Gasteiger partial charge in [-0.2, -0.15) is 21.6 Å². The molecule has 0 aliphatic rings. The number of carbonyl (C=O) groups is 1. The molecule has 0 aromatic heterocycles. The van der Waals surface area contributed by atoms with Crippen molar-refractivity contribution in [2.45, 2.75) is 6.18 Å². The highest BCUT2D eigenvalue weighted by atomic mass is 32.2. The first-order valence-electron chi connectivity index (χ1n) is 4.90. The highest BCUT2D eigenvalue weighted by molar-refractivity contribution is 7.91. The lowest BCUT2D eigenvalue weighted by Crippen LogP contribution is -2.35. The van der Waals surface area contributed by atoms with E-state index in [0.717, 1.165) is 13.2 Å². The third-order valence-corrected chi connectivity index (χ3v) is 2.95. The fraction of sp³-hybridized carbons (Fsp3) is 0.222. The summed E-state index contributed by atoms with van der Waals surface area (Å²) >= 11 is 0. The lowest BCUT2D eigenvalue weighted by molar-refractivity contribution is -0.137. The Bertz CT molecular complexity index is 615. The number of benzene rings is 1. The van der Waals surface area contributed by atoms with Crippen molar-refractivity contribution in [3.05, 3.63) is 23.8 Å². The molecular formula is C9H10F3N3O4S. The Morgan fingerprint density at radius 2 is 1.95 bits per heavy atom. The van der Waals surface area contributed by atoms with Gasteiger partial charge < -0.3 is 10.5 Å². The monoisotopic (exact) mass is 313 g/mol. The van der Waals surface area contributed by atoms with E-state index in [1.54, 1.807) is 4.72 Å². The Kier molecular flexibility index (Phi) is 4.33. The predicted molar refractivity (Wildman–Crippen MR) is 63.9 cm³/mol. The average Bonchev–Trinajstić information content (AvgIpc) is 2.29. The topological polar surface area (TPSA) is 111 Å². The molecule has 4 N–H and O–H groups in total. The molecule has 1 rings (SSSR count). The Morgan fingerprint density at radius 1 is 1.35 bits per heavy atom. The smallest absolute Gasteiger partial charge is 0.422 e. The molecule has 0 saturated heterocycles. The van der Waals surface area contributed by atoms with Crippen LogP contribution in [0.2, 0.25) is 0 Å². The zero-order valence-electron chi connectivity index (χ0n) is 9.98. The van der Waals surface area contributed by atoms with E-state index in [2.05, 4.69) is 4.74 Å². The van der Waals surface area contributed by atoms with Crippen molar-refractivity contribution in [3.8, 4) is 0 Å². The van der Waals surface area contributed by atoms with Crippen LogP contribution in [0.25, 0.3) is 0 Å². The fourth-order valence-electron chi connectivity index (χ4n) is 1.15. The predicted octanol–water partition coefficient (Wildman–Crippen LogP) is 1.30. The van der Waals surface area contributed by atoms with Gasteiger partial charge in [0.05, 0.1) is 24.0 Å². The van der Waals surface area contributed by atoms with Crippen LogP contribution >= 0.6 is 0 Å². The molecule has 0 aliphatic heterocycles. The molecule has 0 fully saturated rings. The van der Waals surface area contributed by atoms with Crippen LogP contribution in [0, 0.1) is 0 Å². The van der Waals surface area contributed by atoms with Crippen molar-refractivity contribution >= 4 is 27.7 Å². The number of halogens is 3. The van der Waals surface area contributed by atoms with Crippen molar-refractivity contribution in [3.63, 3.8) is 0 Å². The maximum absolute atomic E-state index is 12.4. The molecule has 0 heterocycles. The van der Waals surface area contributed by atoms with Gasteiger partial charge in [0.15, 0.2) is 0 Å². The van der Waals surface area contributed by atoms with Gasteiger partial charge in [-0.05, 0) is 18.2 Å². The molecular weight excluding hydrogens is 303 g/mol. The largest absolute Gasteiger partial charge is 0.452 e. The van der Waals surface area contributed by atoms with Gasteiger partial charge in [0.25, 0.3) is 0 Å². The van der Waals surface area contributed by atoms with E-state index in [4.69, 9.17) is 5.73 Å². The van der Waals surface area contributed by atoms with Gasteiger partial charge in [-0.15, -0.1) is 0 Å². The third kappa shape index (κ3) is 4.19. The van der Waals surface area contributed by atoms with Crippen LogP contribution in [0.15, 0.2) is 18.2 Å². The van der Waals surface area contributed by atoms with Crippen LogP contribution in [0.3, 0.4) is 0 Å². The zero-order valence-corrected chi connectivity index (χ0v) is 10.8. The zero-order chi connectivity index (χ0) is 15.6. The second-order valence-corrected chi connectivity index (χ2v) is 4.91. The number of rotatable bonds is 3. The van der Waals surface area contributed by atoms with Gasteiger partial charge in [-0.3, -0.25) is 4.72 Å². The maximum Gasteiger partial charge on any atom is 0.422 e. The maximum atomic E-state index is 12.4. The van der Waals surface area contributed by atoms with Crippen LogP contribution < -0.4 is 15.2 Å². The SMILES string of the molecule is COC(=O)NS(=O)(=O)Nc1ccc(C(F)(F)F)cc1N. The number of alkyl halides is 3. The second-order valence-electron chi connectivity index (χ2n) is 3.50. The molecule has 0 radical (unpaired) electrons. The molecule has 0 unspecified atom stereocenters. The molecule has 7 nitrogen and oxygen atoms in total. The van der Waals surface area contributed by atoms with Gasteiger partial charge in [-0.1, -0.05) is 0 Å². The number of hydrogen-bond acceptors (Lipinski definition) is 5. The molecule has 0 spiro atoms. The van der Waals surface area contributed by atoms with E-state index in [1.165, 1.54) is 4.72 Å². The molecule has 11 heteroatoms. The summed E-state index contributed by atoms with van der Waals surface area (Å²) in [5, 5.41) is 0. The second kappa shape index (κ2) is 5.45. The van der Waals surface area contributed by atoms with Gasteiger partial charge in [0, 0.05) is 0 Å². The molecule has 0 atom stereocenters. The van der Waals surface area contributed by atoms with E-state index in [1.807, 2.05) is 0 Å². The van der Waals surface area contributed by atoms with Crippen molar-refractivity contribution < 1.29 is 31.1 Å². The first kappa shape index (κ1) is 15.9. The molecule has 0 aliphatic carbocycles. The summed E-state index contributed by atoms with van der Waals surface area (Å²) in [6.45, 7) is 0. The highest BCUT2D eigenvalue weighted by Crippen LogP contribution is 2.32. The van der Waals surface area contributed by atoms with Crippen molar-refractivity contribution in [1.82, 2.24) is 4.72 Å². The summed E-state index contributed by atoms with van der Waals surface area (Å²) in [5.41, 5.74) is 3.53. The van der Waals surface area contributed by atoms with Gasteiger partial charge in [0.1, 0.15) is 0 Å². The number of nitrogens with one attached hydrogen (secondary N) is 2. The Labute approximate surface area is 112 Å². The standard InChI is InChI=1S/C9H10F3N3O4S/c1-19-8(16)15-20(17,18)14-7-3-2-5(4-6(7)13)9(10,11)12/h2-4,14H,13H2,1H3,(H,15,16). The number of nitrogen functional groups attached to an aromatic ring is 1. The number of amides is 1. The Hall–Kier alpha value is -2.17. The first-order chi connectivity index (χ1) is 9.05. The number of carbonyl (C=O) groups excluding carboxylic acids is 1. The fourth-order valence-corrected chi connectivity index (χ4v) is 1.98. The molecule has 1 amide bonds. The lowest BCUT2D eigenvalue weighted by Gasteiger charge is -2.13. The minimum absolute atomic E-state index is 0.311. The minimum Gasteiger partial charge on any atom is -0.452 e. The molecule has 1 aromatic rings. The summed E-state index contributed by atoms with van der Waals surface area (Å²) in [6, 6.07) is 2.04. The molecule has 0 bridgehead atoms. The average molecular weight is 313 g/mol. The van der Waals surface area contributed by atoms with Crippen LogP contribution in [0.1, 0.15) is 5.56 Å². The molecule has 20 heavy (non-hydrogen) atoms. The van der Waals surface area contributed by atoms with E-state index >= 15 is 0 Å². The van der Waals surface area contributed by atoms with E-state index in [-0.39, 0.29) is 5.69 Å². The number of nitrogens with two attached hydrogens (primary N) is 1. The normalized spacial score (nSPS) is 11.8. The minimum atomic E-state index is -4.60. The molecule has 1 aromatic carbocycles.